The highest BCUT2D eigenvalue weighted by Gasteiger charge is 2.15. The van der Waals surface area contributed by atoms with E-state index >= 15 is 0 Å². The average molecular weight is 326 g/mol. The average Bonchev–Trinajstić information content (AvgIpc) is 2.63. The van der Waals surface area contributed by atoms with Crippen LogP contribution in [-0.2, 0) is 6.42 Å². The summed E-state index contributed by atoms with van der Waals surface area (Å²) in [7, 11) is 0. The van der Waals surface area contributed by atoms with Gasteiger partial charge in [0.05, 0.1) is 6.61 Å². The lowest BCUT2D eigenvalue weighted by Crippen LogP contribution is -2.21. The van der Waals surface area contributed by atoms with Crippen molar-refractivity contribution in [1.29, 1.82) is 0 Å². The fourth-order valence-electron chi connectivity index (χ4n) is 3.14. The maximum Gasteiger partial charge on any atom is 0.122 e. The van der Waals surface area contributed by atoms with Gasteiger partial charge in [-0.2, -0.15) is 0 Å². The lowest BCUT2D eigenvalue weighted by atomic mass is 9.91. The van der Waals surface area contributed by atoms with E-state index in [4.69, 9.17) is 10.5 Å². The van der Waals surface area contributed by atoms with Crippen LogP contribution in [0.5, 0.6) is 5.75 Å². The van der Waals surface area contributed by atoms with Crippen LogP contribution in [0.2, 0.25) is 0 Å². The van der Waals surface area contributed by atoms with Crippen molar-refractivity contribution < 1.29 is 4.74 Å². The number of rotatable bonds is 9. The van der Waals surface area contributed by atoms with Crippen LogP contribution >= 0.6 is 0 Å². The summed E-state index contributed by atoms with van der Waals surface area (Å²) in [6, 6.07) is 17.1. The molecule has 0 fully saturated rings. The minimum Gasteiger partial charge on any atom is -0.494 e. The Morgan fingerprint density at radius 2 is 1.62 bits per heavy atom. The minimum atomic E-state index is 0.270. The zero-order valence-corrected chi connectivity index (χ0v) is 15.2. The first-order valence-corrected chi connectivity index (χ1v) is 8.99. The SMILES string of the molecule is CCOc1ccccc1C(CN)Cc1ccc(N(CC)CC)cc1. The number of hydrogen-bond donors (Lipinski definition) is 1. The van der Waals surface area contributed by atoms with Gasteiger partial charge in [0.1, 0.15) is 5.75 Å². The maximum absolute atomic E-state index is 6.08. The van der Waals surface area contributed by atoms with E-state index in [1.54, 1.807) is 0 Å². The number of hydrogen-bond acceptors (Lipinski definition) is 3. The highest BCUT2D eigenvalue weighted by molar-refractivity contribution is 5.48. The van der Waals surface area contributed by atoms with Crippen LogP contribution < -0.4 is 15.4 Å². The zero-order valence-electron chi connectivity index (χ0n) is 15.2. The van der Waals surface area contributed by atoms with Crippen molar-refractivity contribution in [1.82, 2.24) is 0 Å². The number of nitrogens with two attached hydrogens (primary N) is 1. The van der Waals surface area contributed by atoms with Crippen LogP contribution in [0.15, 0.2) is 48.5 Å². The molecule has 2 aromatic rings. The molecule has 0 aliphatic heterocycles. The van der Waals surface area contributed by atoms with Gasteiger partial charge < -0.3 is 15.4 Å². The lowest BCUT2D eigenvalue weighted by Gasteiger charge is -2.22. The van der Waals surface area contributed by atoms with Crippen molar-refractivity contribution in [2.75, 3.05) is 31.1 Å². The fourth-order valence-corrected chi connectivity index (χ4v) is 3.14. The van der Waals surface area contributed by atoms with E-state index < -0.39 is 0 Å². The predicted octanol–water partition coefficient (Wildman–Crippen LogP) is 4.22. The van der Waals surface area contributed by atoms with Gasteiger partial charge >= 0.3 is 0 Å². The van der Waals surface area contributed by atoms with Gasteiger partial charge in [-0.05, 0) is 63.1 Å². The molecule has 0 spiro atoms. The predicted molar refractivity (Wildman–Crippen MR) is 103 cm³/mol. The molecule has 2 aromatic carbocycles. The quantitative estimate of drug-likeness (QED) is 0.750. The summed E-state index contributed by atoms with van der Waals surface area (Å²) in [6.07, 6.45) is 0.930. The molecule has 3 nitrogen and oxygen atoms in total. The van der Waals surface area contributed by atoms with Crippen molar-refractivity contribution in [2.45, 2.75) is 33.1 Å². The van der Waals surface area contributed by atoms with Crippen molar-refractivity contribution in [3.63, 3.8) is 0 Å². The molecule has 0 saturated carbocycles. The van der Waals surface area contributed by atoms with Gasteiger partial charge in [-0.1, -0.05) is 30.3 Å². The molecule has 2 N–H and O–H groups in total. The molecule has 0 radical (unpaired) electrons. The summed E-state index contributed by atoms with van der Waals surface area (Å²) in [4.78, 5) is 2.36. The fraction of sp³-hybridized carbons (Fsp3) is 0.429. The van der Waals surface area contributed by atoms with E-state index in [2.05, 4.69) is 55.1 Å². The summed E-state index contributed by atoms with van der Waals surface area (Å²) >= 11 is 0. The smallest absolute Gasteiger partial charge is 0.122 e. The number of nitrogens with zero attached hydrogens (tertiary/aromatic N) is 1. The molecule has 0 aromatic heterocycles. The lowest BCUT2D eigenvalue weighted by molar-refractivity contribution is 0.334. The number of benzene rings is 2. The second-order valence-corrected chi connectivity index (χ2v) is 5.95. The second kappa shape index (κ2) is 9.33. The van der Waals surface area contributed by atoms with E-state index in [0.717, 1.165) is 25.3 Å². The molecule has 3 heteroatoms. The first-order valence-electron chi connectivity index (χ1n) is 8.99. The molecule has 0 aliphatic rings. The van der Waals surface area contributed by atoms with E-state index in [0.29, 0.717) is 13.2 Å². The van der Waals surface area contributed by atoms with Gasteiger partial charge in [-0.15, -0.1) is 0 Å². The standard InChI is InChI=1S/C21H30N2O/c1-4-23(5-2)19-13-11-17(12-14-19)15-18(16-22)20-9-7-8-10-21(20)24-6-3/h7-14,18H,4-6,15-16,22H2,1-3H3. The number of ether oxygens (including phenoxy) is 1. The van der Waals surface area contributed by atoms with Crippen molar-refractivity contribution >= 4 is 5.69 Å². The third-order valence-electron chi connectivity index (χ3n) is 4.49. The Morgan fingerprint density at radius 1 is 0.958 bits per heavy atom. The van der Waals surface area contributed by atoms with Gasteiger partial charge in [-0.3, -0.25) is 0 Å². The van der Waals surface area contributed by atoms with Crippen LogP contribution in [0.1, 0.15) is 37.8 Å². The van der Waals surface area contributed by atoms with Crippen molar-refractivity contribution in [2.24, 2.45) is 5.73 Å². The third-order valence-corrected chi connectivity index (χ3v) is 4.49. The summed E-state index contributed by atoms with van der Waals surface area (Å²) in [5.41, 5.74) is 9.87. The van der Waals surface area contributed by atoms with Gasteiger partial charge in [-0.25, -0.2) is 0 Å². The first kappa shape index (κ1) is 18.3. The third kappa shape index (κ3) is 4.51. The largest absolute Gasteiger partial charge is 0.494 e. The Balaban J connectivity index is 2.16. The first-order chi connectivity index (χ1) is 11.7. The summed E-state index contributed by atoms with van der Waals surface area (Å²) in [6.45, 7) is 9.74. The Hall–Kier alpha value is -2.00. The molecule has 0 heterocycles. The molecule has 24 heavy (non-hydrogen) atoms. The normalized spacial score (nSPS) is 12.0. The minimum absolute atomic E-state index is 0.270. The summed E-state index contributed by atoms with van der Waals surface area (Å²) in [5.74, 6) is 1.22. The molecular formula is C21H30N2O. The van der Waals surface area contributed by atoms with E-state index in [9.17, 15) is 0 Å². The van der Waals surface area contributed by atoms with E-state index in [1.807, 2.05) is 19.1 Å². The number of para-hydroxylation sites is 1. The molecule has 0 amide bonds. The van der Waals surface area contributed by atoms with Crippen LogP contribution in [0.4, 0.5) is 5.69 Å². The molecule has 0 saturated heterocycles. The topological polar surface area (TPSA) is 38.5 Å². The maximum atomic E-state index is 6.08. The van der Waals surface area contributed by atoms with E-state index in [1.165, 1.54) is 16.8 Å². The Kier molecular flexibility index (Phi) is 7.13. The highest BCUT2D eigenvalue weighted by Crippen LogP contribution is 2.29. The number of anilines is 1. The Bertz CT molecular complexity index is 605. The molecular weight excluding hydrogens is 296 g/mol. The van der Waals surface area contributed by atoms with Gasteiger partial charge in [0.2, 0.25) is 0 Å². The van der Waals surface area contributed by atoms with Crippen molar-refractivity contribution in [3.05, 3.63) is 59.7 Å². The highest BCUT2D eigenvalue weighted by atomic mass is 16.5. The Labute approximate surface area is 146 Å². The van der Waals surface area contributed by atoms with Crippen LogP contribution in [-0.4, -0.2) is 26.2 Å². The zero-order chi connectivity index (χ0) is 17.4. The van der Waals surface area contributed by atoms with Crippen LogP contribution in [0, 0.1) is 0 Å². The molecule has 2 rings (SSSR count). The van der Waals surface area contributed by atoms with Crippen LogP contribution in [0.25, 0.3) is 0 Å². The second-order valence-electron chi connectivity index (χ2n) is 5.95. The Morgan fingerprint density at radius 3 is 2.21 bits per heavy atom. The van der Waals surface area contributed by atoms with Crippen LogP contribution in [0.3, 0.4) is 0 Å². The molecule has 0 bridgehead atoms. The summed E-state index contributed by atoms with van der Waals surface area (Å²) in [5, 5.41) is 0. The van der Waals surface area contributed by atoms with Gasteiger partial charge in [0.25, 0.3) is 0 Å². The van der Waals surface area contributed by atoms with Gasteiger partial charge in [0, 0.05) is 24.7 Å². The molecule has 130 valence electrons. The van der Waals surface area contributed by atoms with E-state index in [-0.39, 0.29) is 5.92 Å². The monoisotopic (exact) mass is 326 g/mol. The molecule has 1 atom stereocenters. The van der Waals surface area contributed by atoms with Crippen molar-refractivity contribution in [3.8, 4) is 5.75 Å². The molecule has 1 unspecified atom stereocenters. The molecule has 0 aliphatic carbocycles. The summed E-state index contributed by atoms with van der Waals surface area (Å²) < 4.78 is 5.77. The van der Waals surface area contributed by atoms with Gasteiger partial charge in [0.15, 0.2) is 0 Å².